The van der Waals surface area contributed by atoms with Gasteiger partial charge in [-0.25, -0.2) is 0 Å². The number of carbonyl (C=O) groups is 2. The van der Waals surface area contributed by atoms with Crippen LogP contribution >= 0.6 is 0 Å². The second-order valence-electron chi connectivity index (χ2n) is 3.86. The van der Waals surface area contributed by atoms with Crippen molar-refractivity contribution in [2.45, 2.75) is 58.5 Å². The monoisotopic (exact) mass is 230 g/mol. The second-order valence-corrected chi connectivity index (χ2v) is 3.86. The minimum absolute atomic E-state index is 0.0187. The van der Waals surface area contributed by atoms with Crippen molar-refractivity contribution in [1.29, 1.82) is 0 Å². The molecule has 0 spiro atoms. The molecule has 0 aliphatic heterocycles. The fourth-order valence-corrected chi connectivity index (χ4v) is 1.42. The van der Waals surface area contributed by atoms with Gasteiger partial charge in [0.15, 0.2) is 0 Å². The largest absolute Gasteiger partial charge is 0.466 e. The molecule has 1 atom stereocenters. The SMILES string of the molecule is CCCCCC(=O)CC(O)CC(=O)OCC. The minimum atomic E-state index is -0.895. The minimum Gasteiger partial charge on any atom is -0.466 e. The van der Waals surface area contributed by atoms with E-state index in [1.807, 2.05) is 0 Å². The van der Waals surface area contributed by atoms with Crippen molar-refractivity contribution in [3.63, 3.8) is 0 Å². The summed E-state index contributed by atoms with van der Waals surface area (Å²) in [5.74, 6) is -0.429. The summed E-state index contributed by atoms with van der Waals surface area (Å²) in [6.45, 7) is 4.08. The van der Waals surface area contributed by atoms with Gasteiger partial charge in [0.1, 0.15) is 5.78 Å². The van der Waals surface area contributed by atoms with Gasteiger partial charge in [0.2, 0.25) is 0 Å². The number of aliphatic hydroxyl groups is 1. The number of esters is 1. The molecule has 0 aliphatic rings. The van der Waals surface area contributed by atoms with Crippen LogP contribution in [0.3, 0.4) is 0 Å². The third-order valence-corrected chi connectivity index (χ3v) is 2.23. The highest BCUT2D eigenvalue weighted by atomic mass is 16.5. The van der Waals surface area contributed by atoms with Gasteiger partial charge in [-0.05, 0) is 13.3 Å². The molecule has 0 saturated heterocycles. The summed E-state index contributed by atoms with van der Waals surface area (Å²) in [6.07, 6.45) is 2.52. The molecule has 16 heavy (non-hydrogen) atoms. The Morgan fingerprint density at radius 3 is 2.44 bits per heavy atom. The summed E-state index contributed by atoms with van der Waals surface area (Å²) in [5.41, 5.74) is 0. The topological polar surface area (TPSA) is 63.6 Å². The average molecular weight is 230 g/mol. The summed E-state index contributed by atoms with van der Waals surface area (Å²) in [5, 5.41) is 9.45. The molecule has 0 rings (SSSR count). The highest BCUT2D eigenvalue weighted by Crippen LogP contribution is 2.06. The Balaban J connectivity index is 3.65. The summed E-state index contributed by atoms with van der Waals surface area (Å²) in [7, 11) is 0. The van der Waals surface area contributed by atoms with Crippen LogP contribution < -0.4 is 0 Å². The summed E-state index contributed by atoms with van der Waals surface area (Å²) in [4.78, 5) is 22.4. The first-order chi connectivity index (χ1) is 7.60. The third kappa shape index (κ3) is 8.41. The number of hydrogen-bond acceptors (Lipinski definition) is 4. The van der Waals surface area contributed by atoms with Gasteiger partial charge >= 0.3 is 5.97 Å². The van der Waals surface area contributed by atoms with Gasteiger partial charge in [0, 0.05) is 12.8 Å². The normalized spacial score (nSPS) is 12.2. The van der Waals surface area contributed by atoms with Crippen LogP contribution in [0.15, 0.2) is 0 Å². The molecule has 1 unspecified atom stereocenters. The lowest BCUT2D eigenvalue weighted by molar-refractivity contribution is -0.145. The standard InChI is InChI=1S/C12H22O4/c1-3-5-6-7-10(13)8-11(14)9-12(15)16-4-2/h11,14H,3-9H2,1-2H3. The van der Waals surface area contributed by atoms with Crippen molar-refractivity contribution in [3.05, 3.63) is 0 Å². The highest BCUT2D eigenvalue weighted by Gasteiger charge is 2.15. The summed E-state index contributed by atoms with van der Waals surface area (Å²) >= 11 is 0. The van der Waals surface area contributed by atoms with Crippen molar-refractivity contribution in [2.24, 2.45) is 0 Å². The molecule has 4 heteroatoms. The van der Waals surface area contributed by atoms with Gasteiger partial charge in [-0.15, -0.1) is 0 Å². The fraction of sp³-hybridized carbons (Fsp3) is 0.833. The first kappa shape index (κ1) is 15.1. The molecule has 0 aromatic carbocycles. The van der Waals surface area contributed by atoms with E-state index in [1.54, 1.807) is 6.92 Å². The van der Waals surface area contributed by atoms with E-state index >= 15 is 0 Å². The zero-order chi connectivity index (χ0) is 12.4. The Kier molecular flexibility index (Phi) is 8.81. The van der Waals surface area contributed by atoms with Crippen molar-refractivity contribution in [1.82, 2.24) is 0 Å². The van der Waals surface area contributed by atoms with Crippen LogP contribution in [-0.2, 0) is 14.3 Å². The van der Waals surface area contributed by atoms with E-state index in [0.717, 1.165) is 19.3 Å². The Hall–Kier alpha value is -0.900. The Bertz CT molecular complexity index is 213. The van der Waals surface area contributed by atoms with Gasteiger partial charge in [-0.2, -0.15) is 0 Å². The maximum atomic E-state index is 11.4. The van der Waals surface area contributed by atoms with Crippen LogP contribution in [0.1, 0.15) is 52.4 Å². The summed E-state index contributed by atoms with van der Waals surface area (Å²) < 4.78 is 4.68. The Labute approximate surface area is 97.0 Å². The summed E-state index contributed by atoms with van der Waals surface area (Å²) in [6, 6.07) is 0. The van der Waals surface area contributed by atoms with Crippen LogP contribution in [0, 0.1) is 0 Å². The maximum Gasteiger partial charge on any atom is 0.308 e. The second kappa shape index (κ2) is 9.33. The van der Waals surface area contributed by atoms with Gasteiger partial charge in [0.25, 0.3) is 0 Å². The van der Waals surface area contributed by atoms with Crippen molar-refractivity contribution in [2.75, 3.05) is 6.61 Å². The quantitative estimate of drug-likeness (QED) is 0.485. The molecule has 0 aromatic rings. The predicted molar refractivity (Wildman–Crippen MR) is 61.0 cm³/mol. The zero-order valence-corrected chi connectivity index (χ0v) is 10.2. The van der Waals surface area contributed by atoms with Crippen LogP contribution in [0.5, 0.6) is 0 Å². The number of rotatable bonds is 9. The smallest absolute Gasteiger partial charge is 0.308 e. The third-order valence-electron chi connectivity index (χ3n) is 2.23. The van der Waals surface area contributed by atoms with E-state index in [9.17, 15) is 14.7 Å². The molecular formula is C12H22O4. The van der Waals surface area contributed by atoms with Crippen molar-refractivity contribution >= 4 is 11.8 Å². The van der Waals surface area contributed by atoms with Gasteiger partial charge in [0.05, 0.1) is 19.1 Å². The first-order valence-corrected chi connectivity index (χ1v) is 5.95. The van der Waals surface area contributed by atoms with Crippen LogP contribution in [0.2, 0.25) is 0 Å². The lowest BCUT2D eigenvalue weighted by Crippen LogP contribution is -2.19. The molecule has 0 heterocycles. The van der Waals surface area contributed by atoms with Crippen molar-refractivity contribution < 1.29 is 19.4 Å². The maximum absolute atomic E-state index is 11.4. The van der Waals surface area contributed by atoms with Crippen LogP contribution in [0.25, 0.3) is 0 Å². The molecule has 94 valence electrons. The Morgan fingerprint density at radius 1 is 1.19 bits per heavy atom. The van der Waals surface area contributed by atoms with E-state index < -0.39 is 12.1 Å². The number of ketones is 1. The molecule has 0 bridgehead atoms. The molecule has 0 radical (unpaired) electrons. The number of Topliss-reactive ketones (excluding diaryl/α,β-unsaturated/α-hetero) is 1. The van der Waals surface area contributed by atoms with Gasteiger partial charge in [-0.1, -0.05) is 19.8 Å². The highest BCUT2D eigenvalue weighted by molar-refractivity contribution is 5.79. The molecule has 0 aromatic heterocycles. The van der Waals surface area contributed by atoms with E-state index in [4.69, 9.17) is 0 Å². The molecular weight excluding hydrogens is 208 g/mol. The number of carbonyl (C=O) groups excluding carboxylic acids is 2. The molecule has 0 amide bonds. The first-order valence-electron chi connectivity index (χ1n) is 5.95. The molecule has 0 fully saturated rings. The molecule has 1 N–H and O–H groups in total. The number of aliphatic hydroxyl groups excluding tert-OH is 1. The van der Waals surface area contributed by atoms with E-state index in [-0.39, 0.29) is 18.6 Å². The molecule has 0 saturated carbocycles. The predicted octanol–water partition coefficient (Wildman–Crippen LogP) is 1.84. The molecule has 0 aliphatic carbocycles. The van der Waals surface area contributed by atoms with Gasteiger partial charge < -0.3 is 9.84 Å². The average Bonchev–Trinajstić information content (AvgIpc) is 2.17. The van der Waals surface area contributed by atoms with Gasteiger partial charge in [-0.3, -0.25) is 9.59 Å². The van der Waals surface area contributed by atoms with E-state index in [2.05, 4.69) is 11.7 Å². The number of hydrogen-bond donors (Lipinski definition) is 1. The number of unbranched alkanes of at least 4 members (excludes halogenated alkanes) is 2. The number of ether oxygens (including phenoxy) is 1. The van der Waals surface area contributed by atoms with E-state index in [1.165, 1.54) is 0 Å². The fourth-order valence-electron chi connectivity index (χ4n) is 1.42. The zero-order valence-electron chi connectivity index (χ0n) is 10.2. The lowest BCUT2D eigenvalue weighted by Gasteiger charge is -2.08. The lowest BCUT2D eigenvalue weighted by atomic mass is 10.1. The van der Waals surface area contributed by atoms with Crippen molar-refractivity contribution in [3.8, 4) is 0 Å². The van der Waals surface area contributed by atoms with Crippen LogP contribution in [0.4, 0.5) is 0 Å². The van der Waals surface area contributed by atoms with E-state index in [0.29, 0.717) is 13.0 Å². The Morgan fingerprint density at radius 2 is 1.88 bits per heavy atom. The van der Waals surface area contributed by atoms with Crippen LogP contribution in [-0.4, -0.2) is 29.6 Å². The molecule has 4 nitrogen and oxygen atoms in total.